The van der Waals surface area contributed by atoms with Crippen molar-refractivity contribution in [1.29, 1.82) is 0 Å². The van der Waals surface area contributed by atoms with Gasteiger partial charge in [0.05, 0.1) is 5.56 Å². The van der Waals surface area contributed by atoms with Crippen molar-refractivity contribution >= 4 is 11.8 Å². The number of hydrogen-bond acceptors (Lipinski definition) is 2. The SMILES string of the molecule is CSc1cccc(C(F)(F)F)c1OCc1ccccc1. The molecule has 0 spiro atoms. The molecule has 0 fully saturated rings. The minimum absolute atomic E-state index is 0.101. The highest BCUT2D eigenvalue weighted by Crippen LogP contribution is 2.41. The Morgan fingerprint density at radius 3 is 2.30 bits per heavy atom. The lowest BCUT2D eigenvalue weighted by Gasteiger charge is -2.16. The molecular formula is C15H13F3OS. The Labute approximate surface area is 119 Å². The van der Waals surface area contributed by atoms with Gasteiger partial charge in [0.1, 0.15) is 12.4 Å². The molecule has 0 amide bonds. The Morgan fingerprint density at radius 2 is 1.70 bits per heavy atom. The predicted molar refractivity (Wildman–Crippen MR) is 74.0 cm³/mol. The first-order valence-corrected chi connectivity index (χ1v) is 7.16. The van der Waals surface area contributed by atoms with Gasteiger partial charge in [0.15, 0.2) is 0 Å². The summed E-state index contributed by atoms with van der Waals surface area (Å²) in [6.07, 6.45) is -2.69. The van der Waals surface area contributed by atoms with Gasteiger partial charge in [0, 0.05) is 4.90 Å². The average Bonchev–Trinajstić information content (AvgIpc) is 2.44. The van der Waals surface area contributed by atoms with Gasteiger partial charge in [0.25, 0.3) is 0 Å². The van der Waals surface area contributed by atoms with Gasteiger partial charge in [-0.3, -0.25) is 0 Å². The van der Waals surface area contributed by atoms with Gasteiger partial charge in [-0.15, -0.1) is 11.8 Å². The normalized spacial score (nSPS) is 11.4. The molecule has 0 saturated carbocycles. The van der Waals surface area contributed by atoms with E-state index in [9.17, 15) is 13.2 Å². The van der Waals surface area contributed by atoms with Gasteiger partial charge in [-0.2, -0.15) is 13.2 Å². The molecule has 0 heterocycles. The molecule has 20 heavy (non-hydrogen) atoms. The molecule has 1 nitrogen and oxygen atoms in total. The Morgan fingerprint density at radius 1 is 1.00 bits per heavy atom. The van der Waals surface area contributed by atoms with Gasteiger partial charge in [0.2, 0.25) is 0 Å². The number of alkyl halides is 3. The van der Waals surface area contributed by atoms with Gasteiger partial charge in [-0.25, -0.2) is 0 Å². The largest absolute Gasteiger partial charge is 0.487 e. The Kier molecular flexibility index (Phi) is 4.60. The van der Waals surface area contributed by atoms with Crippen molar-refractivity contribution in [2.75, 3.05) is 6.26 Å². The van der Waals surface area contributed by atoms with Crippen LogP contribution in [0.2, 0.25) is 0 Å². The van der Waals surface area contributed by atoms with E-state index in [4.69, 9.17) is 4.74 Å². The van der Waals surface area contributed by atoms with Crippen molar-refractivity contribution in [2.45, 2.75) is 17.7 Å². The van der Waals surface area contributed by atoms with E-state index < -0.39 is 11.7 Å². The molecule has 0 unspecified atom stereocenters. The maximum atomic E-state index is 13.0. The quantitative estimate of drug-likeness (QED) is 0.734. The minimum atomic E-state index is -4.42. The number of ether oxygens (including phenoxy) is 1. The van der Waals surface area contributed by atoms with Crippen LogP contribution in [0.25, 0.3) is 0 Å². The van der Waals surface area contributed by atoms with Crippen LogP contribution in [0.1, 0.15) is 11.1 Å². The van der Waals surface area contributed by atoms with Crippen LogP contribution in [0.15, 0.2) is 53.4 Å². The lowest BCUT2D eigenvalue weighted by molar-refractivity contribution is -0.139. The molecule has 0 saturated heterocycles. The molecule has 0 aliphatic rings. The van der Waals surface area contributed by atoms with E-state index in [1.54, 1.807) is 12.3 Å². The van der Waals surface area contributed by atoms with Crippen LogP contribution in [0.5, 0.6) is 5.75 Å². The second-order valence-electron chi connectivity index (χ2n) is 4.11. The van der Waals surface area contributed by atoms with Gasteiger partial charge < -0.3 is 4.74 Å². The summed E-state index contributed by atoms with van der Waals surface area (Å²) in [6.45, 7) is 0.113. The Balaban J connectivity index is 2.29. The number of para-hydroxylation sites is 1. The van der Waals surface area contributed by atoms with E-state index in [2.05, 4.69) is 0 Å². The third-order valence-corrected chi connectivity index (χ3v) is 3.49. The highest BCUT2D eigenvalue weighted by molar-refractivity contribution is 7.98. The first-order chi connectivity index (χ1) is 9.52. The fourth-order valence-corrected chi connectivity index (χ4v) is 2.35. The van der Waals surface area contributed by atoms with Crippen LogP contribution >= 0.6 is 11.8 Å². The highest BCUT2D eigenvalue weighted by Gasteiger charge is 2.35. The van der Waals surface area contributed by atoms with Crippen LogP contribution in [0, 0.1) is 0 Å². The topological polar surface area (TPSA) is 9.23 Å². The third-order valence-electron chi connectivity index (χ3n) is 2.73. The predicted octanol–water partition coefficient (Wildman–Crippen LogP) is 5.01. The molecule has 0 bridgehead atoms. The molecule has 0 aliphatic carbocycles. The van der Waals surface area contributed by atoms with Crippen LogP contribution in [0.4, 0.5) is 13.2 Å². The lowest BCUT2D eigenvalue weighted by atomic mass is 10.2. The zero-order valence-electron chi connectivity index (χ0n) is 10.8. The molecule has 5 heteroatoms. The molecule has 2 rings (SSSR count). The third kappa shape index (κ3) is 3.48. The zero-order valence-corrected chi connectivity index (χ0v) is 11.6. The van der Waals surface area contributed by atoms with E-state index in [1.807, 2.05) is 30.3 Å². The Hall–Kier alpha value is -1.62. The van der Waals surface area contributed by atoms with Crippen molar-refractivity contribution in [3.63, 3.8) is 0 Å². The standard InChI is InChI=1S/C15H13F3OS/c1-20-13-9-5-8-12(15(16,17)18)14(13)19-10-11-6-3-2-4-7-11/h2-9H,10H2,1H3. The summed E-state index contributed by atoms with van der Waals surface area (Å²) in [5.41, 5.74) is 0.0943. The molecule has 0 N–H and O–H groups in total. The fraction of sp³-hybridized carbons (Fsp3) is 0.200. The lowest BCUT2D eigenvalue weighted by Crippen LogP contribution is -2.09. The van der Waals surface area contributed by atoms with E-state index in [0.29, 0.717) is 4.90 Å². The van der Waals surface area contributed by atoms with E-state index in [-0.39, 0.29) is 12.4 Å². The molecule has 2 aromatic rings. The van der Waals surface area contributed by atoms with Crippen LogP contribution in [-0.2, 0) is 12.8 Å². The summed E-state index contributed by atoms with van der Waals surface area (Å²) in [4.78, 5) is 0.482. The first-order valence-electron chi connectivity index (χ1n) is 5.93. The van der Waals surface area contributed by atoms with Gasteiger partial charge in [-0.1, -0.05) is 36.4 Å². The highest BCUT2D eigenvalue weighted by atomic mass is 32.2. The number of halogens is 3. The summed E-state index contributed by atoms with van der Waals surface area (Å²) in [5, 5.41) is 0. The van der Waals surface area contributed by atoms with E-state index >= 15 is 0 Å². The molecular weight excluding hydrogens is 285 g/mol. The maximum Gasteiger partial charge on any atom is 0.420 e. The summed E-state index contributed by atoms with van der Waals surface area (Å²) < 4.78 is 44.4. The summed E-state index contributed by atoms with van der Waals surface area (Å²) >= 11 is 1.24. The van der Waals surface area contributed by atoms with Crippen molar-refractivity contribution in [1.82, 2.24) is 0 Å². The fourth-order valence-electron chi connectivity index (χ4n) is 1.78. The summed E-state index contributed by atoms with van der Waals surface area (Å²) in [5.74, 6) is -0.101. The second kappa shape index (κ2) is 6.22. The smallest absolute Gasteiger partial charge is 0.420 e. The van der Waals surface area contributed by atoms with Crippen LogP contribution in [0.3, 0.4) is 0 Å². The number of rotatable bonds is 4. The molecule has 0 atom stereocenters. The Bertz CT molecular complexity index is 567. The molecule has 106 valence electrons. The number of thioether (sulfide) groups is 1. The molecule has 0 radical (unpaired) electrons. The van der Waals surface area contributed by atoms with Crippen LogP contribution in [-0.4, -0.2) is 6.26 Å². The van der Waals surface area contributed by atoms with Crippen molar-refractivity contribution in [3.05, 3.63) is 59.7 Å². The van der Waals surface area contributed by atoms with Crippen LogP contribution < -0.4 is 4.74 Å². The monoisotopic (exact) mass is 298 g/mol. The number of benzene rings is 2. The van der Waals surface area contributed by atoms with E-state index in [1.165, 1.54) is 17.8 Å². The van der Waals surface area contributed by atoms with Crippen molar-refractivity contribution in [2.24, 2.45) is 0 Å². The van der Waals surface area contributed by atoms with Crippen molar-refractivity contribution in [3.8, 4) is 5.75 Å². The zero-order chi connectivity index (χ0) is 14.6. The molecule has 0 aliphatic heterocycles. The minimum Gasteiger partial charge on any atom is -0.487 e. The maximum absolute atomic E-state index is 13.0. The van der Waals surface area contributed by atoms with Gasteiger partial charge in [-0.05, 0) is 24.0 Å². The average molecular weight is 298 g/mol. The second-order valence-corrected chi connectivity index (χ2v) is 4.96. The number of hydrogen-bond donors (Lipinski definition) is 0. The van der Waals surface area contributed by atoms with Gasteiger partial charge >= 0.3 is 6.18 Å². The molecule has 0 aromatic heterocycles. The first kappa shape index (κ1) is 14.8. The van der Waals surface area contributed by atoms with E-state index in [0.717, 1.165) is 11.6 Å². The molecule has 2 aromatic carbocycles. The van der Waals surface area contributed by atoms with Crippen molar-refractivity contribution < 1.29 is 17.9 Å². The summed E-state index contributed by atoms with van der Waals surface area (Å²) in [6, 6.07) is 13.2. The summed E-state index contributed by atoms with van der Waals surface area (Å²) in [7, 11) is 0.